The van der Waals surface area contributed by atoms with Crippen LogP contribution in [0.4, 0.5) is 13.2 Å². The van der Waals surface area contributed by atoms with E-state index >= 15 is 0 Å². The van der Waals surface area contributed by atoms with Crippen LogP contribution in [0.1, 0.15) is 53.9 Å². The molecule has 0 bridgehead atoms. The molecule has 3 rings (SSSR count). The van der Waals surface area contributed by atoms with Crippen molar-refractivity contribution in [3.63, 3.8) is 0 Å². The van der Waals surface area contributed by atoms with Crippen LogP contribution in [0.2, 0.25) is 5.02 Å². The Labute approximate surface area is 183 Å². The molecule has 0 aliphatic rings. The normalized spacial score (nSPS) is 12.4. The van der Waals surface area contributed by atoms with Gasteiger partial charge in [0.1, 0.15) is 11.9 Å². The number of aldehydes is 1. The molecule has 1 atom stereocenters. The minimum absolute atomic E-state index is 0.299. The van der Waals surface area contributed by atoms with E-state index in [1.165, 1.54) is 12.1 Å². The predicted molar refractivity (Wildman–Crippen MR) is 114 cm³/mol. The number of pyridine rings is 1. The van der Waals surface area contributed by atoms with E-state index in [4.69, 9.17) is 16.3 Å². The Morgan fingerprint density at radius 2 is 1.84 bits per heavy atom. The van der Waals surface area contributed by atoms with E-state index in [9.17, 15) is 18.0 Å². The van der Waals surface area contributed by atoms with Crippen LogP contribution < -0.4 is 4.74 Å². The molecule has 2 aromatic carbocycles. The second-order valence-electron chi connectivity index (χ2n) is 7.07. The van der Waals surface area contributed by atoms with E-state index in [-0.39, 0.29) is 6.10 Å². The van der Waals surface area contributed by atoms with E-state index < -0.39 is 11.7 Å². The first-order chi connectivity index (χ1) is 14.8. The molecular formula is C24H21ClF3NO2. The predicted octanol–water partition coefficient (Wildman–Crippen LogP) is 7.54. The number of carbonyl (C=O) groups is 1. The molecule has 0 aliphatic carbocycles. The van der Waals surface area contributed by atoms with Gasteiger partial charge in [-0.1, -0.05) is 43.1 Å². The van der Waals surface area contributed by atoms with Gasteiger partial charge in [-0.25, -0.2) is 4.98 Å². The lowest BCUT2D eigenvalue weighted by Gasteiger charge is -2.20. The van der Waals surface area contributed by atoms with Gasteiger partial charge in [0.05, 0.1) is 22.0 Å². The summed E-state index contributed by atoms with van der Waals surface area (Å²) in [6.07, 6.45) is -1.51. The number of carbonyl (C=O) groups excluding carboxylic acids is 1. The van der Waals surface area contributed by atoms with E-state index in [0.717, 1.165) is 25.0 Å². The number of hydrogen-bond acceptors (Lipinski definition) is 3. The Hall–Kier alpha value is -2.86. The standard InChI is InChI=1S/C24H21ClF3NO2/c1-2-3-7-23(31-19-13-10-17(15-30)20(25)14-19)22-6-4-5-21(29-22)16-8-11-18(12-9-16)24(26,27)28/h4-6,8-15,23H,2-3,7H2,1H3. The number of alkyl halides is 3. The first-order valence-electron chi connectivity index (χ1n) is 9.87. The SMILES string of the molecule is CCCCC(Oc1ccc(C=O)c(Cl)c1)c1cccc(-c2ccc(C(F)(F)F)cc2)n1. The van der Waals surface area contributed by atoms with E-state index in [2.05, 4.69) is 11.9 Å². The zero-order valence-electron chi connectivity index (χ0n) is 16.8. The maximum Gasteiger partial charge on any atom is 0.416 e. The van der Waals surface area contributed by atoms with Gasteiger partial charge in [-0.3, -0.25) is 4.79 Å². The molecule has 0 spiro atoms. The number of unbranched alkanes of at least 4 members (excludes halogenated alkanes) is 1. The van der Waals surface area contributed by atoms with Crippen LogP contribution in [0.15, 0.2) is 60.7 Å². The summed E-state index contributed by atoms with van der Waals surface area (Å²) in [5.41, 5.74) is 1.49. The Bertz CT molecular complexity index is 1040. The molecule has 3 nitrogen and oxygen atoms in total. The quantitative estimate of drug-likeness (QED) is 0.335. The molecule has 0 N–H and O–H groups in total. The summed E-state index contributed by atoms with van der Waals surface area (Å²) in [7, 11) is 0. The van der Waals surface area contributed by atoms with Gasteiger partial charge in [0.15, 0.2) is 6.29 Å². The highest BCUT2D eigenvalue weighted by molar-refractivity contribution is 6.33. The van der Waals surface area contributed by atoms with Crippen molar-refractivity contribution in [3.05, 3.63) is 82.5 Å². The van der Waals surface area contributed by atoms with Crippen LogP contribution in [-0.4, -0.2) is 11.3 Å². The third kappa shape index (κ3) is 5.85. The first kappa shape index (κ1) is 22.8. The maximum atomic E-state index is 12.8. The number of aromatic nitrogens is 1. The zero-order chi connectivity index (χ0) is 22.4. The van der Waals surface area contributed by atoms with Crippen LogP contribution in [0.3, 0.4) is 0 Å². The third-order valence-electron chi connectivity index (χ3n) is 4.81. The van der Waals surface area contributed by atoms with Crippen LogP contribution in [0, 0.1) is 0 Å². The minimum atomic E-state index is -4.38. The maximum absolute atomic E-state index is 12.8. The van der Waals surface area contributed by atoms with Gasteiger partial charge >= 0.3 is 6.18 Å². The summed E-state index contributed by atoms with van der Waals surface area (Å²) in [5.74, 6) is 0.512. The molecular weight excluding hydrogens is 427 g/mol. The number of rotatable bonds is 8. The van der Waals surface area contributed by atoms with Gasteiger partial charge in [-0.15, -0.1) is 0 Å². The molecule has 162 valence electrons. The molecule has 0 amide bonds. The first-order valence-corrected chi connectivity index (χ1v) is 10.3. The van der Waals surface area contributed by atoms with Crippen molar-refractivity contribution in [2.24, 2.45) is 0 Å². The molecule has 3 aromatic rings. The third-order valence-corrected chi connectivity index (χ3v) is 5.13. The minimum Gasteiger partial charge on any atom is -0.484 e. The van der Waals surface area contributed by atoms with Crippen molar-refractivity contribution in [1.29, 1.82) is 0 Å². The molecule has 1 heterocycles. The van der Waals surface area contributed by atoms with Crippen LogP contribution in [0.5, 0.6) is 5.75 Å². The lowest BCUT2D eigenvalue weighted by Crippen LogP contribution is -2.10. The fourth-order valence-corrected chi connectivity index (χ4v) is 3.33. The van der Waals surface area contributed by atoms with Gasteiger partial charge < -0.3 is 4.74 Å². The summed E-state index contributed by atoms with van der Waals surface area (Å²) in [4.78, 5) is 15.6. The summed E-state index contributed by atoms with van der Waals surface area (Å²) >= 11 is 6.11. The highest BCUT2D eigenvalue weighted by atomic mass is 35.5. The molecule has 7 heteroatoms. The van der Waals surface area contributed by atoms with Gasteiger partial charge in [0.2, 0.25) is 0 Å². The highest BCUT2D eigenvalue weighted by Crippen LogP contribution is 2.32. The smallest absolute Gasteiger partial charge is 0.416 e. The fourth-order valence-electron chi connectivity index (χ4n) is 3.12. The van der Waals surface area contributed by atoms with Gasteiger partial charge in [0.25, 0.3) is 0 Å². The Kier molecular flexibility index (Phi) is 7.33. The Morgan fingerprint density at radius 3 is 2.45 bits per heavy atom. The molecule has 31 heavy (non-hydrogen) atoms. The van der Waals surface area contributed by atoms with Gasteiger partial charge in [-0.2, -0.15) is 13.2 Å². The largest absolute Gasteiger partial charge is 0.484 e. The molecule has 0 saturated carbocycles. The monoisotopic (exact) mass is 447 g/mol. The van der Waals surface area contributed by atoms with Crippen LogP contribution in [0.25, 0.3) is 11.3 Å². The molecule has 1 unspecified atom stereocenters. The summed E-state index contributed by atoms with van der Waals surface area (Å²) in [6.45, 7) is 2.07. The van der Waals surface area contributed by atoms with Gasteiger partial charge in [-0.05, 0) is 55.3 Å². The van der Waals surface area contributed by atoms with Crippen molar-refractivity contribution in [3.8, 4) is 17.0 Å². The summed E-state index contributed by atoms with van der Waals surface area (Å²) < 4.78 is 44.6. The fraction of sp³-hybridized carbons (Fsp3) is 0.250. The van der Waals surface area contributed by atoms with E-state index in [1.807, 2.05) is 6.07 Å². The summed E-state index contributed by atoms with van der Waals surface area (Å²) in [6, 6.07) is 15.2. The lowest BCUT2D eigenvalue weighted by atomic mass is 10.1. The van der Waals surface area contributed by atoms with Crippen molar-refractivity contribution in [2.75, 3.05) is 0 Å². The number of halogens is 4. The van der Waals surface area contributed by atoms with Crippen molar-refractivity contribution < 1.29 is 22.7 Å². The number of hydrogen-bond donors (Lipinski definition) is 0. The average molecular weight is 448 g/mol. The van der Waals surface area contributed by atoms with Gasteiger partial charge in [0, 0.05) is 11.1 Å². The van der Waals surface area contributed by atoms with Crippen molar-refractivity contribution >= 4 is 17.9 Å². The second kappa shape index (κ2) is 9.96. The molecule has 0 aliphatic heterocycles. The molecule has 1 aromatic heterocycles. The molecule has 0 saturated heterocycles. The number of ether oxygens (including phenoxy) is 1. The lowest BCUT2D eigenvalue weighted by molar-refractivity contribution is -0.137. The van der Waals surface area contributed by atoms with E-state index in [0.29, 0.717) is 46.0 Å². The van der Waals surface area contributed by atoms with Crippen LogP contribution >= 0.6 is 11.6 Å². The van der Waals surface area contributed by atoms with Crippen molar-refractivity contribution in [2.45, 2.75) is 38.5 Å². The van der Waals surface area contributed by atoms with Crippen molar-refractivity contribution in [1.82, 2.24) is 4.98 Å². The van der Waals surface area contributed by atoms with E-state index in [1.54, 1.807) is 30.3 Å². The highest BCUT2D eigenvalue weighted by Gasteiger charge is 2.30. The number of nitrogens with zero attached hydrogens (tertiary/aromatic N) is 1. The molecule has 0 radical (unpaired) electrons. The molecule has 0 fully saturated rings. The Morgan fingerprint density at radius 1 is 1.10 bits per heavy atom. The topological polar surface area (TPSA) is 39.2 Å². The Balaban J connectivity index is 1.88. The number of benzene rings is 2. The van der Waals surface area contributed by atoms with Crippen LogP contribution in [-0.2, 0) is 6.18 Å². The second-order valence-corrected chi connectivity index (χ2v) is 7.48. The average Bonchev–Trinajstić information content (AvgIpc) is 2.76. The zero-order valence-corrected chi connectivity index (χ0v) is 17.6. The summed E-state index contributed by atoms with van der Waals surface area (Å²) in [5, 5.41) is 0.299.